The fourth-order valence-corrected chi connectivity index (χ4v) is 12.9. The summed E-state index contributed by atoms with van der Waals surface area (Å²) >= 11 is 1.46. The summed E-state index contributed by atoms with van der Waals surface area (Å²) in [5, 5.41) is 30.2. The fourth-order valence-electron chi connectivity index (χ4n) is 11.3. The second-order valence-electron chi connectivity index (χ2n) is 16.0. The van der Waals surface area contributed by atoms with Gasteiger partial charge in [0.05, 0.1) is 34.0 Å². The van der Waals surface area contributed by atoms with Crippen molar-refractivity contribution in [1.82, 2.24) is 15.5 Å². The van der Waals surface area contributed by atoms with E-state index in [1.807, 2.05) is 6.92 Å². The summed E-state index contributed by atoms with van der Waals surface area (Å²) in [6.45, 7) is 6.72. The van der Waals surface area contributed by atoms with Crippen LogP contribution in [0.1, 0.15) is 77.1 Å². The Kier molecular flexibility index (Phi) is 7.97. The number of benzene rings is 3. The maximum Gasteiger partial charge on any atom is 0.341 e. The highest BCUT2D eigenvalue weighted by molar-refractivity contribution is 8.00. The van der Waals surface area contributed by atoms with Crippen LogP contribution >= 0.6 is 11.8 Å². The third-order valence-corrected chi connectivity index (χ3v) is 15.0. The molecular formula is C41H45N3O11S. The highest BCUT2D eigenvalue weighted by atomic mass is 32.2. The number of aryl methyl sites for hydroxylation is 1. The van der Waals surface area contributed by atoms with Crippen LogP contribution in [-0.4, -0.2) is 92.7 Å². The Bertz CT molecular complexity index is 2230. The summed E-state index contributed by atoms with van der Waals surface area (Å²) in [7, 11) is 4.58. The zero-order valence-corrected chi connectivity index (χ0v) is 32.9. The molecular weight excluding hydrogens is 743 g/mol. The van der Waals surface area contributed by atoms with Crippen LogP contribution in [0.25, 0.3) is 0 Å². The minimum absolute atomic E-state index is 0.00787. The van der Waals surface area contributed by atoms with Crippen molar-refractivity contribution in [3.05, 3.63) is 57.1 Å². The summed E-state index contributed by atoms with van der Waals surface area (Å²) in [6.07, 6.45) is 1.53. The van der Waals surface area contributed by atoms with Crippen molar-refractivity contribution in [2.45, 2.75) is 74.0 Å². The number of carbonyl (C=O) groups is 2. The Morgan fingerprint density at radius 1 is 0.982 bits per heavy atom. The summed E-state index contributed by atoms with van der Waals surface area (Å²) in [4.78, 5) is 28.7. The molecule has 0 radical (unpaired) electrons. The van der Waals surface area contributed by atoms with E-state index >= 15 is 0 Å². The second kappa shape index (κ2) is 12.5. The Balaban J connectivity index is 1.18. The maximum absolute atomic E-state index is 14.5. The lowest BCUT2D eigenvalue weighted by Gasteiger charge is -2.60. The predicted molar refractivity (Wildman–Crippen MR) is 202 cm³/mol. The number of cyclic esters (lactones) is 1. The van der Waals surface area contributed by atoms with Gasteiger partial charge in [0.2, 0.25) is 18.3 Å². The van der Waals surface area contributed by atoms with Crippen LogP contribution in [-0.2, 0) is 31.2 Å². The van der Waals surface area contributed by atoms with E-state index in [1.165, 1.54) is 32.9 Å². The van der Waals surface area contributed by atoms with Crippen LogP contribution in [0.3, 0.4) is 0 Å². The minimum Gasteiger partial charge on any atom is -0.504 e. The van der Waals surface area contributed by atoms with Gasteiger partial charge >= 0.3 is 11.9 Å². The third kappa shape index (κ3) is 4.56. The van der Waals surface area contributed by atoms with E-state index in [0.717, 1.165) is 39.8 Å². The van der Waals surface area contributed by atoms with Gasteiger partial charge in [-0.3, -0.25) is 15.0 Å². The molecule has 3 fully saturated rings. The Labute approximate surface area is 328 Å². The molecule has 0 aromatic heterocycles. The van der Waals surface area contributed by atoms with Crippen LogP contribution in [0.2, 0.25) is 0 Å². The molecule has 3 saturated heterocycles. The molecule has 10 rings (SSSR count). The first-order valence-electron chi connectivity index (χ1n) is 19.1. The van der Waals surface area contributed by atoms with Crippen LogP contribution < -0.4 is 39.1 Å². The molecule has 1 spiro atoms. The number of methoxy groups -OCH3 is 3. The highest BCUT2D eigenvalue weighted by Gasteiger charge is 2.66. The monoisotopic (exact) mass is 787 g/mol. The fraction of sp³-hybridized carbons (Fsp3) is 0.512. The first kappa shape index (κ1) is 35.8. The second-order valence-corrected chi connectivity index (χ2v) is 17.3. The van der Waals surface area contributed by atoms with Crippen molar-refractivity contribution in [2.24, 2.45) is 5.92 Å². The highest BCUT2D eigenvalue weighted by Crippen LogP contribution is 2.69. The van der Waals surface area contributed by atoms with Crippen molar-refractivity contribution < 1.29 is 53.0 Å². The van der Waals surface area contributed by atoms with Gasteiger partial charge in [-0.05, 0) is 67.5 Å². The number of hydrogen-bond donors (Lipinski definition) is 4. The molecule has 1 aliphatic carbocycles. The zero-order valence-electron chi connectivity index (χ0n) is 32.1. The zero-order chi connectivity index (χ0) is 39.0. The molecule has 7 aliphatic rings. The number of phenols is 2. The van der Waals surface area contributed by atoms with Gasteiger partial charge < -0.3 is 48.7 Å². The predicted octanol–water partition coefficient (Wildman–Crippen LogP) is 4.19. The molecule has 6 unspecified atom stereocenters. The van der Waals surface area contributed by atoms with Crippen molar-refractivity contribution >= 4 is 23.7 Å². The lowest BCUT2D eigenvalue weighted by atomic mass is 9.74. The molecule has 296 valence electrons. The molecule has 15 heteroatoms. The Hall–Kier alpha value is -4.57. The molecule has 56 heavy (non-hydrogen) atoms. The molecule has 8 atom stereocenters. The first-order chi connectivity index (χ1) is 27.0. The molecule has 14 nitrogen and oxygen atoms in total. The van der Waals surface area contributed by atoms with Gasteiger partial charge in [0.1, 0.15) is 0 Å². The number of phenolic OH excluding ortho intramolecular Hbond substituents is 2. The molecule has 6 heterocycles. The van der Waals surface area contributed by atoms with Crippen molar-refractivity contribution in [3.8, 4) is 46.0 Å². The lowest BCUT2D eigenvalue weighted by Crippen LogP contribution is -2.70. The molecule has 0 amide bonds. The summed E-state index contributed by atoms with van der Waals surface area (Å²) < 4.78 is 42.0. The number of carbonyl (C=O) groups excluding carboxylic acids is 2. The van der Waals surface area contributed by atoms with E-state index in [9.17, 15) is 19.8 Å². The van der Waals surface area contributed by atoms with Gasteiger partial charge in [0, 0.05) is 77.5 Å². The minimum atomic E-state index is -1.29. The molecule has 3 aromatic rings. The molecule has 6 aliphatic heterocycles. The van der Waals surface area contributed by atoms with E-state index < -0.39 is 16.8 Å². The number of piperazine rings is 1. The number of aromatic hydroxyl groups is 2. The Morgan fingerprint density at radius 2 is 1.77 bits per heavy atom. The van der Waals surface area contributed by atoms with Crippen molar-refractivity contribution in [2.75, 3.05) is 53.6 Å². The third-order valence-electron chi connectivity index (χ3n) is 13.4. The van der Waals surface area contributed by atoms with Crippen LogP contribution in [0, 0.1) is 12.8 Å². The van der Waals surface area contributed by atoms with Gasteiger partial charge in [-0.25, -0.2) is 4.79 Å². The number of esters is 2. The van der Waals surface area contributed by atoms with Crippen molar-refractivity contribution in [1.29, 1.82) is 0 Å². The number of hydrogen-bond acceptors (Lipinski definition) is 15. The van der Waals surface area contributed by atoms with Gasteiger partial charge in [0.15, 0.2) is 39.4 Å². The van der Waals surface area contributed by atoms with Gasteiger partial charge in [-0.2, -0.15) is 0 Å². The molecule has 4 N–H and O–H groups in total. The van der Waals surface area contributed by atoms with E-state index in [-0.39, 0.29) is 83.6 Å². The largest absolute Gasteiger partial charge is 0.504 e. The average Bonchev–Trinajstić information content (AvgIpc) is 3.82. The normalized spacial score (nSPS) is 31.8. The van der Waals surface area contributed by atoms with Crippen LogP contribution in [0.15, 0.2) is 18.2 Å². The first-order valence-corrected chi connectivity index (χ1v) is 20.1. The molecule has 3 aromatic carbocycles. The number of fused-ring (bicyclic) bond motifs is 10. The van der Waals surface area contributed by atoms with Crippen LogP contribution in [0.5, 0.6) is 46.0 Å². The topological polar surface area (TPSA) is 167 Å². The van der Waals surface area contributed by atoms with E-state index in [4.69, 9.17) is 33.2 Å². The van der Waals surface area contributed by atoms with Gasteiger partial charge in [-0.15, -0.1) is 11.8 Å². The summed E-state index contributed by atoms with van der Waals surface area (Å²) in [6, 6.07) is 5.18. The Morgan fingerprint density at radius 3 is 2.52 bits per heavy atom. The van der Waals surface area contributed by atoms with Crippen molar-refractivity contribution in [3.63, 3.8) is 0 Å². The number of rotatable bonds is 5. The summed E-state index contributed by atoms with van der Waals surface area (Å²) in [5.74, 6) is 0.697. The number of nitrogens with one attached hydrogen (secondary N) is 2. The smallest absolute Gasteiger partial charge is 0.341 e. The van der Waals surface area contributed by atoms with Crippen LogP contribution in [0.4, 0.5) is 0 Å². The number of ether oxygens (including phenoxy) is 7. The van der Waals surface area contributed by atoms with E-state index in [2.05, 4.69) is 28.5 Å². The summed E-state index contributed by atoms with van der Waals surface area (Å²) in [5.41, 5.74) is 5.49. The van der Waals surface area contributed by atoms with E-state index in [1.54, 1.807) is 19.2 Å². The number of thioether (sulfide) groups is 1. The van der Waals surface area contributed by atoms with E-state index in [0.29, 0.717) is 48.1 Å². The standard InChI is InChI=1S/C41H45N3O11S/c1-17-9-24-29(33(47)34(17)50-5)32-31(42-13-20-12-40(24,3)44(20)32)27-22-15-56-41(23-11-26(49-4)25(46)10-19(23)7-8-43-41)39(48)52-14-21(22)28-30(27)36(55-18(2)45)37(51-6)38-35(28)53-16-54-38/h9-11,20-22,27,31-32,42-43,46-47H,7-8,12-16H2,1-6H3/t20?,21?,22?,27-,31?,32?,40?,41-/m1/s1. The number of nitrogens with zero attached hydrogens (tertiary/aromatic N) is 1. The van der Waals surface area contributed by atoms with Gasteiger partial charge in [0.25, 0.3) is 0 Å². The lowest BCUT2D eigenvalue weighted by molar-refractivity contribution is -0.149. The molecule has 0 saturated carbocycles. The van der Waals surface area contributed by atoms with Gasteiger partial charge in [-0.1, -0.05) is 0 Å². The SMILES string of the molecule is COc1cc2c(cc1O)CCN[C@@]21SCC2C(COC1=O)c1c3c(c(OC)c(OC(C)=O)c1[C@@H]2C1NCC2CC4(C)c5cc(C)c(OC)c(O)c5C1N24)OCO3. The quantitative estimate of drug-likeness (QED) is 0.215. The molecule has 0 bridgehead atoms. The average molecular weight is 788 g/mol. The maximum atomic E-state index is 14.5.